The van der Waals surface area contributed by atoms with Gasteiger partial charge in [-0.2, -0.15) is 0 Å². The zero-order valence-electron chi connectivity index (χ0n) is 11.4. The molecule has 0 aliphatic heterocycles. The molecule has 1 aromatic rings. The number of rotatable bonds is 6. The fraction of sp³-hybridized carbons (Fsp3) is 0.462. The molecular weight excluding hydrogens is 264 g/mol. The average molecular weight is 284 g/mol. The van der Waals surface area contributed by atoms with Gasteiger partial charge in [-0.25, -0.2) is 8.42 Å². The molecule has 5 nitrogen and oxygen atoms in total. The molecule has 1 aromatic carbocycles. The lowest BCUT2D eigenvalue weighted by atomic mass is 10.2. The van der Waals surface area contributed by atoms with Crippen LogP contribution in [0.2, 0.25) is 0 Å². The van der Waals surface area contributed by atoms with Crippen molar-refractivity contribution in [2.24, 2.45) is 0 Å². The second-order valence-corrected chi connectivity index (χ2v) is 6.99. The van der Waals surface area contributed by atoms with E-state index in [1.165, 1.54) is 0 Å². The maximum atomic E-state index is 11.4. The van der Waals surface area contributed by atoms with Crippen LogP contribution < -0.4 is 10.6 Å². The number of anilines is 1. The summed E-state index contributed by atoms with van der Waals surface area (Å²) >= 11 is 0. The monoisotopic (exact) mass is 284 g/mol. The summed E-state index contributed by atoms with van der Waals surface area (Å²) in [5, 5.41) is 5.84. The second-order valence-electron chi connectivity index (χ2n) is 4.85. The van der Waals surface area contributed by atoms with E-state index in [9.17, 15) is 13.2 Å². The molecule has 0 aromatic heterocycles. The predicted octanol–water partition coefficient (Wildman–Crippen LogP) is 1.17. The number of carbonyl (C=O) groups excluding carboxylic acids is 1. The van der Waals surface area contributed by atoms with E-state index in [2.05, 4.69) is 24.5 Å². The Hall–Kier alpha value is -1.40. The lowest BCUT2D eigenvalue weighted by Crippen LogP contribution is -2.22. The van der Waals surface area contributed by atoms with Gasteiger partial charge in [-0.15, -0.1) is 0 Å². The molecule has 6 heteroatoms. The average Bonchev–Trinajstić information content (AvgIpc) is 2.25. The van der Waals surface area contributed by atoms with Gasteiger partial charge >= 0.3 is 0 Å². The normalized spacial score (nSPS) is 11.6. The van der Waals surface area contributed by atoms with Crippen LogP contribution in [0.15, 0.2) is 24.3 Å². The molecule has 0 aliphatic carbocycles. The van der Waals surface area contributed by atoms with Gasteiger partial charge in [0.25, 0.3) is 0 Å². The SMILES string of the molecule is CC(C)NCc1ccc(NC(=O)CS(C)(=O)=O)cc1. The Morgan fingerprint density at radius 2 is 1.79 bits per heavy atom. The predicted molar refractivity (Wildman–Crippen MR) is 76.8 cm³/mol. The van der Waals surface area contributed by atoms with Crippen LogP contribution in [0.5, 0.6) is 0 Å². The molecule has 0 radical (unpaired) electrons. The van der Waals surface area contributed by atoms with Gasteiger partial charge in [0.15, 0.2) is 9.84 Å². The lowest BCUT2D eigenvalue weighted by molar-refractivity contribution is -0.113. The largest absolute Gasteiger partial charge is 0.325 e. The van der Waals surface area contributed by atoms with Gasteiger partial charge in [0.1, 0.15) is 5.75 Å². The van der Waals surface area contributed by atoms with Crippen LogP contribution in [-0.4, -0.2) is 32.4 Å². The van der Waals surface area contributed by atoms with Gasteiger partial charge in [-0.1, -0.05) is 26.0 Å². The molecule has 1 rings (SSSR count). The Bertz CT molecular complexity index is 521. The van der Waals surface area contributed by atoms with Crippen LogP contribution in [0.3, 0.4) is 0 Å². The summed E-state index contributed by atoms with van der Waals surface area (Å²) in [4.78, 5) is 11.4. The summed E-state index contributed by atoms with van der Waals surface area (Å²) in [6.07, 6.45) is 1.03. The van der Waals surface area contributed by atoms with Gasteiger partial charge in [0.05, 0.1) is 0 Å². The summed E-state index contributed by atoms with van der Waals surface area (Å²) in [6.45, 7) is 4.90. The number of nitrogens with one attached hydrogen (secondary N) is 2. The van der Waals surface area contributed by atoms with Crippen molar-refractivity contribution in [2.75, 3.05) is 17.3 Å². The minimum Gasteiger partial charge on any atom is -0.325 e. The molecule has 19 heavy (non-hydrogen) atoms. The van der Waals surface area contributed by atoms with Crippen molar-refractivity contribution in [1.82, 2.24) is 5.32 Å². The maximum Gasteiger partial charge on any atom is 0.239 e. The second kappa shape index (κ2) is 6.68. The first kappa shape index (κ1) is 15.7. The summed E-state index contributed by atoms with van der Waals surface area (Å²) < 4.78 is 21.9. The number of sulfone groups is 1. The van der Waals surface area contributed by atoms with E-state index in [-0.39, 0.29) is 0 Å². The first-order valence-electron chi connectivity index (χ1n) is 6.06. The van der Waals surface area contributed by atoms with Gasteiger partial charge in [-0.3, -0.25) is 4.79 Å². The van der Waals surface area contributed by atoms with E-state index in [4.69, 9.17) is 0 Å². The van der Waals surface area contributed by atoms with E-state index < -0.39 is 21.5 Å². The van der Waals surface area contributed by atoms with E-state index in [0.29, 0.717) is 11.7 Å². The molecule has 2 N–H and O–H groups in total. The van der Waals surface area contributed by atoms with Crippen LogP contribution >= 0.6 is 0 Å². The minimum absolute atomic E-state index is 0.411. The third-order valence-corrected chi connectivity index (χ3v) is 3.13. The minimum atomic E-state index is -3.29. The Balaban J connectivity index is 2.55. The Labute approximate surface area is 114 Å². The van der Waals surface area contributed by atoms with E-state index in [1.807, 2.05) is 12.1 Å². The molecule has 0 unspecified atom stereocenters. The van der Waals surface area contributed by atoms with Crippen molar-refractivity contribution in [1.29, 1.82) is 0 Å². The van der Waals surface area contributed by atoms with Gasteiger partial charge in [0.2, 0.25) is 5.91 Å². The number of hydrogen-bond donors (Lipinski definition) is 2. The van der Waals surface area contributed by atoms with Crippen molar-refractivity contribution >= 4 is 21.4 Å². The van der Waals surface area contributed by atoms with Crippen LogP contribution in [0.25, 0.3) is 0 Å². The first-order valence-corrected chi connectivity index (χ1v) is 8.12. The van der Waals surface area contributed by atoms with E-state index in [1.54, 1.807) is 12.1 Å². The van der Waals surface area contributed by atoms with Crippen molar-refractivity contribution in [3.63, 3.8) is 0 Å². The molecule has 1 amide bonds. The Morgan fingerprint density at radius 3 is 2.26 bits per heavy atom. The first-order chi connectivity index (χ1) is 8.76. The van der Waals surface area contributed by atoms with Crippen LogP contribution in [-0.2, 0) is 21.2 Å². The summed E-state index contributed by atoms with van der Waals surface area (Å²) in [5.41, 5.74) is 1.71. The Kier molecular flexibility index (Phi) is 5.50. The van der Waals surface area contributed by atoms with Gasteiger partial charge < -0.3 is 10.6 Å². The standard InChI is InChI=1S/C13H20N2O3S/c1-10(2)14-8-11-4-6-12(7-5-11)15-13(16)9-19(3,17)18/h4-7,10,14H,8-9H2,1-3H3,(H,15,16). The number of hydrogen-bond acceptors (Lipinski definition) is 4. The maximum absolute atomic E-state index is 11.4. The fourth-order valence-electron chi connectivity index (χ4n) is 1.46. The van der Waals surface area contributed by atoms with Crippen LogP contribution in [0, 0.1) is 0 Å². The molecule has 0 aliphatic rings. The van der Waals surface area contributed by atoms with Gasteiger partial charge in [0, 0.05) is 24.5 Å². The van der Waals surface area contributed by atoms with E-state index >= 15 is 0 Å². The molecule has 0 heterocycles. The highest BCUT2D eigenvalue weighted by Crippen LogP contribution is 2.09. The lowest BCUT2D eigenvalue weighted by Gasteiger charge is -2.09. The van der Waals surface area contributed by atoms with Crippen molar-refractivity contribution < 1.29 is 13.2 Å². The van der Waals surface area contributed by atoms with Gasteiger partial charge in [-0.05, 0) is 17.7 Å². The third-order valence-electron chi connectivity index (χ3n) is 2.35. The summed E-state index contributed by atoms with van der Waals surface area (Å²) in [7, 11) is -3.29. The van der Waals surface area contributed by atoms with Crippen LogP contribution in [0.1, 0.15) is 19.4 Å². The molecule has 0 fully saturated rings. The van der Waals surface area contributed by atoms with E-state index in [0.717, 1.165) is 18.4 Å². The molecule has 0 atom stereocenters. The zero-order valence-corrected chi connectivity index (χ0v) is 12.3. The highest BCUT2D eigenvalue weighted by molar-refractivity contribution is 7.91. The Morgan fingerprint density at radius 1 is 1.21 bits per heavy atom. The molecule has 0 spiro atoms. The highest BCUT2D eigenvalue weighted by atomic mass is 32.2. The smallest absolute Gasteiger partial charge is 0.239 e. The van der Waals surface area contributed by atoms with Crippen LogP contribution in [0.4, 0.5) is 5.69 Å². The van der Waals surface area contributed by atoms with Crippen molar-refractivity contribution in [2.45, 2.75) is 26.4 Å². The van der Waals surface area contributed by atoms with Crippen molar-refractivity contribution in [3.05, 3.63) is 29.8 Å². The molecule has 0 saturated carbocycles. The third kappa shape index (κ3) is 6.93. The summed E-state index contributed by atoms with van der Waals surface area (Å²) in [6, 6.07) is 7.72. The number of carbonyl (C=O) groups is 1. The quantitative estimate of drug-likeness (QED) is 0.822. The zero-order chi connectivity index (χ0) is 14.5. The number of amides is 1. The number of benzene rings is 1. The molecule has 0 saturated heterocycles. The van der Waals surface area contributed by atoms with Crippen molar-refractivity contribution in [3.8, 4) is 0 Å². The molecule has 106 valence electrons. The molecule has 0 bridgehead atoms. The molecular formula is C13H20N2O3S. The highest BCUT2D eigenvalue weighted by Gasteiger charge is 2.10. The summed E-state index contributed by atoms with van der Waals surface area (Å²) in [5.74, 6) is -1.01. The fourth-order valence-corrected chi connectivity index (χ4v) is 2.01. The topological polar surface area (TPSA) is 75.3 Å².